The molecule has 0 bridgehead atoms. The Bertz CT molecular complexity index is 128. The van der Waals surface area contributed by atoms with Crippen LogP contribution in [0.1, 0.15) is 52.9 Å². The summed E-state index contributed by atoms with van der Waals surface area (Å²) in [5, 5.41) is 0.391. The lowest BCUT2D eigenvalue weighted by atomic mass is 9.99. The summed E-state index contributed by atoms with van der Waals surface area (Å²) in [4.78, 5) is 0. The minimum absolute atomic E-state index is 0.0262. The smallest absolute Gasteiger partial charge is 0.146 e. The van der Waals surface area contributed by atoms with Gasteiger partial charge in [0.25, 0.3) is 0 Å². The molecule has 80 valence electrons. The molecule has 0 amide bonds. The number of unbranched alkanes of at least 4 members (excludes halogenated alkanes) is 3. The molecule has 0 aliphatic rings. The van der Waals surface area contributed by atoms with E-state index in [-0.39, 0.29) is 5.60 Å². The van der Waals surface area contributed by atoms with Crippen LogP contribution in [0.15, 0.2) is 0 Å². The van der Waals surface area contributed by atoms with Crippen molar-refractivity contribution in [3.63, 3.8) is 0 Å². The number of hydrogen-bond donors (Lipinski definition) is 1. The lowest BCUT2D eigenvalue weighted by Crippen LogP contribution is -2.34. The maximum atomic E-state index is 5.52. The molecule has 0 aliphatic heterocycles. The first kappa shape index (κ1) is 13.5. The Hall–Kier alpha value is 0.527. The molecule has 0 radical (unpaired) electrons. The van der Waals surface area contributed by atoms with Gasteiger partial charge in [0, 0.05) is 5.25 Å². The molecule has 0 rings (SSSR count). The molecule has 0 fully saturated rings. The number of thiol groups is 1. The van der Waals surface area contributed by atoms with Crippen LogP contribution in [-0.4, -0.2) is 21.3 Å². The molecule has 3 heteroatoms. The third-order valence-corrected chi connectivity index (χ3v) is 4.59. The van der Waals surface area contributed by atoms with Crippen LogP contribution < -0.4 is 0 Å². The second-order valence-corrected chi connectivity index (χ2v) is 5.20. The molecular formula is C10H24OSSi. The summed E-state index contributed by atoms with van der Waals surface area (Å²) in [6.07, 6.45) is 6.46. The van der Waals surface area contributed by atoms with Crippen molar-refractivity contribution in [3.05, 3.63) is 0 Å². The van der Waals surface area contributed by atoms with Crippen molar-refractivity contribution >= 4 is 23.1 Å². The maximum absolute atomic E-state index is 5.52. The Morgan fingerprint density at radius 1 is 1.31 bits per heavy atom. The highest BCUT2D eigenvalue weighted by molar-refractivity contribution is 7.81. The number of hydrogen-bond acceptors (Lipinski definition) is 2. The van der Waals surface area contributed by atoms with Crippen molar-refractivity contribution in [2.75, 3.05) is 0 Å². The van der Waals surface area contributed by atoms with Gasteiger partial charge in [0.05, 0.1) is 5.60 Å². The molecule has 0 N–H and O–H groups in total. The zero-order valence-corrected chi connectivity index (χ0v) is 12.4. The molecule has 1 nitrogen and oxygen atoms in total. The molecular weight excluding hydrogens is 196 g/mol. The molecule has 0 aromatic carbocycles. The van der Waals surface area contributed by atoms with Crippen molar-refractivity contribution in [3.8, 4) is 0 Å². The standard InChI is InChI=1S/C10H24OSSi/c1-4-5-6-7-8-9(12)10(2,3)11-13/h9,12H,4-8H2,1-3,13H3. The lowest BCUT2D eigenvalue weighted by Gasteiger charge is -2.30. The highest BCUT2D eigenvalue weighted by atomic mass is 32.1. The Morgan fingerprint density at radius 2 is 1.92 bits per heavy atom. The van der Waals surface area contributed by atoms with Crippen LogP contribution in [0.4, 0.5) is 0 Å². The van der Waals surface area contributed by atoms with E-state index in [4.69, 9.17) is 4.43 Å². The van der Waals surface area contributed by atoms with E-state index in [0.29, 0.717) is 5.25 Å². The molecule has 0 aromatic rings. The van der Waals surface area contributed by atoms with Gasteiger partial charge in [-0.2, -0.15) is 12.6 Å². The predicted molar refractivity (Wildman–Crippen MR) is 66.6 cm³/mol. The van der Waals surface area contributed by atoms with E-state index in [9.17, 15) is 0 Å². The van der Waals surface area contributed by atoms with Gasteiger partial charge in [-0.15, -0.1) is 0 Å². The molecule has 0 aliphatic carbocycles. The summed E-state index contributed by atoms with van der Waals surface area (Å²) in [5.41, 5.74) is -0.0262. The first-order chi connectivity index (χ1) is 6.04. The van der Waals surface area contributed by atoms with E-state index in [1.165, 1.54) is 32.1 Å². The predicted octanol–water partition coefficient (Wildman–Crippen LogP) is 2.33. The largest absolute Gasteiger partial charge is 0.422 e. The normalized spacial score (nSPS) is 14.8. The SMILES string of the molecule is CCCCCCC(S)C(C)(C)O[SiH3]. The highest BCUT2D eigenvalue weighted by Crippen LogP contribution is 2.23. The van der Waals surface area contributed by atoms with Crippen LogP contribution in [-0.2, 0) is 4.43 Å². The highest BCUT2D eigenvalue weighted by Gasteiger charge is 2.24. The first-order valence-corrected chi connectivity index (χ1v) is 6.61. The van der Waals surface area contributed by atoms with Gasteiger partial charge >= 0.3 is 0 Å². The van der Waals surface area contributed by atoms with Crippen molar-refractivity contribution in [2.24, 2.45) is 0 Å². The van der Waals surface area contributed by atoms with Gasteiger partial charge in [-0.1, -0.05) is 32.6 Å². The minimum Gasteiger partial charge on any atom is -0.422 e. The number of rotatable bonds is 7. The fourth-order valence-electron chi connectivity index (χ4n) is 1.25. The van der Waals surface area contributed by atoms with Gasteiger partial charge in [-0.25, -0.2) is 0 Å². The Labute approximate surface area is 91.6 Å². The summed E-state index contributed by atoms with van der Waals surface area (Å²) in [5.74, 6) is 0. The van der Waals surface area contributed by atoms with Crippen LogP contribution in [0.25, 0.3) is 0 Å². The van der Waals surface area contributed by atoms with Crippen LogP contribution in [0.5, 0.6) is 0 Å². The Morgan fingerprint density at radius 3 is 2.38 bits per heavy atom. The van der Waals surface area contributed by atoms with E-state index in [0.717, 1.165) is 10.5 Å². The zero-order valence-electron chi connectivity index (χ0n) is 9.47. The quantitative estimate of drug-likeness (QED) is 0.394. The van der Waals surface area contributed by atoms with Gasteiger partial charge in [0.2, 0.25) is 0 Å². The van der Waals surface area contributed by atoms with Gasteiger partial charge in [-0.3, -0.25) is 0 Å². The molecule has 0 heterocycles. The van der Waals surface area contributed by atoms with Crippen molar-refractivity contribution in [1.29, 1.82) is 0 Å². The monoisotopic (exact) mass is 220 g/mol. The molecule has 13 heavy (non-hydrogen) atoms. The molecule has 1 unspecified atom stereocenters. The Balaban J connectivity index is 3.55. The summed E-state index contributed by atoms with van der Waals surface area (Å²) < 4.78 is 5.52. The minimum atomic E-state index is -0.0262. The maximum Gasteiger partial charge on any atom is 0.146 e. The second-order valence-electron chi connectivity index (χ2n) is 4.17. The van der Waals surface area contributed by atoms with Crippen molar-refractivity contribution in [1.82, 2.24) is 0 Å². The summed E-state index contributed by atoms with van der Waals surface area (Å²) in [6.45, 7) is 6.51. The molecule has 1 atom stereocenters. The lowest BCUT2D eigenvalue weighted by molar-refractivity contribution is 0.117. The Kier molecular flexibility index (Phi) is 7.18. The van der Waals surface area contributed by atoms with Crippen molar-refractivity contribution < 1.29 is 4.43 Å². The average molecular weight is 220 g/mol. The summed E-state index contributed by atoms with van der Waals surface area (Å²) in [6, 6.07) is 0. The van der Waals surface area contributed by atoms with Gasteiger partial charge in [-0.05, 0) is 20.3 Å². The van der Waals surface area contributed by atoms with Crippen LogP contribution in [0.3, 0.4) is 0 Å². The molecule has 0 saturated carbocycles. The third kappa shape index (κ3) is 5.76. The van der Waals surface area contributed by atoms with Gasteiger partial charge < -0.3 is 4.43 Å². The molecule has 0 aromatic heterocycles. The van der Waals surface area contributed by atoms with Crippen LogP contribution in [0, 0.1) is 0 Å². The van der Waals surface area contributed by atoms with E-state index in [2.05, 4.69) is 33.4 Å². The zero-order chi connectivity index (χ0) is 10.3. The van der Waals surface area contributed by atoms with E-state index < -0.39 is 0 Å². The van der Waals surface area contributed by atoms with Crippen LogP contribution in [0.2, 0.25) is 0 Å². The van der Waals surface area contributed by atoms with Crippen molar-refractivity contribution in [2.45, 2.75) is 63.7 Å². The fourth-order valence-corrected chi connectivity index (χ4v) is 2.02. The van der Waals surface area contributed by atoms with E-state index in [1.54, 1.807) is 0 Å². The van der Waals surface area contributed by atoms with Gasteiger partial charge in [0.1, 0.15) is 10.5 Å². The average Bonchev–Trinajstić information content (AvgIpc) is 2.12. The van der Waals surface area contributed by atoms with Gasteiger partial charge in [0.15, 0.2) is 0 Å². The van der Waals surface area contributed by atoms with E-state index in [1.807, 2.05) is 0 Å². The molecule has 0 spiro atoms. The first-order valence-electron chi connectivity index (χ1n) is 5.27. The summed E-state index contributed by atoms with van der Waals surface area (Å²) in [7, 11) is 0.807. The van der Waals surface area contributed by atoms with E-state index >= 15 is 0 Å². The molecule has 0 saturated heterocycles. The third-order valence-electron chi connectivity index (χ3n) is 2.66. The van der Waals surface area contributed by atoms with Crippen LogP contribution >= 0.6 is 12.6 Å². The summed E-state index contributed by atoms with van der Waals surface area (Å²) >= 11 is 4.59. The topological polar surface area (TPSA) is 9.23 Å². The fraction of sp³-hybridized carbons (Fsp3) is 1.00. The second kappa shape index (κ2) is 6.90.